The topological polar surface area (TPSA) is 41.5 Å². The minimum atomic E-state index is 0.277. The first kappa shape index (κ1) is 10.9. The molecule has 0 aliphatic carbocycles. The Morgan fingerprint density at radius 2 is 2.00 bits per heavy atom. The Morgan fingerprint density at radius 3 is 2.57 bits per heavy atom. The number of hydrogen-bond acceptors (Lipinski definition) is 3. The highest BCUT2D eigenvalue weighted by molar-refractivity contribution is 5.46. The van der Waals surface area contributed by atoms with E-state index in [1.54, 1.807) is 12.1 Å². The van der Waals surface area contributed by atoms with Crippen LogP contribution in [-0.4, -0.2) is 24.4 Å². The van der Waals surface area contributed by atoms with Crippen LogP contribution in [-0.2, 0) is 4.74 Å². The molecule has 0 amide bonds. The summed E-state index contributed by atoms with van der Waals surface area (Å²) in [4.78, 5) is 0. The zero-order valence-electron chi connectivity index (χ0n) is 8.66. The van der Waals surface area contributed by atoms with Gasteiger partial charge in [-0.15, -0.1) is 0 Å². The zero-order valence-corrected chi connectivity index (χ0v) is 8.66. The van der Waals surface area contributed by atoms with Gasteiger partial charge in [-0.2, -0.15) is 0 Å². The van der Waals surface area contributed by atoms with Gasteiger partial charge in [0.05, 0.1) is 6.61 Å². The molecule has 0 spiro atoms. The van der Waals surface area contributed by atoms with Crippen LogP contribution in [0.25, 0.3) is 0 Å². The first-order valence-electron chi connectivity index (χ1n) is 4.85. The molecular formula is C11H17NO2. The molecule has 1 aromatic carbocycles. The maximum atomic E-state index is 9.08. The van der Waals surface area contributed by atoms with E-state index in [0.717, 1.165) is 12.3 Å². The Morgan fingerprint density at radius 1 is 1.36 bits per heavy atom. The van der Waals surface area contributed by atoms with Gasteiger partial charge in [0.25, 0.3) is 0 Å². The number of benzene rings is 1. The lowest BCUT2D eigenvalue weighted by Crippen LogP contribution is -2.21. The monoisotopic (exact) mass is 195 g/mol. The van der Waals surface area contributed by atoms with Crippen molar-refractivity contribution < 1.29 is 9.84 Å². The average molecular weight is 195 g/mol. The third-order valence-corrected chi connectivity index (χ3v) is 1.85. The van der Waals surface area contributed by atoms with Crippen LogP contribution >= 0.6 is 0 Å². The number of ether oxygens (including phenoxy) is 1. The number of nitrogens with one attached hydrogen (secondary N) is 1. The second-order valence-electron chi connectivity index (χ2n) is 3.25. The van der Waals surface area contributed by atoms with Crippen molar-refractivity contribution in [1.29, 1.82) is 0 Å². The summed E-state index contributed by atoms with van der Waals surface area (Å²) in [6.07, 6.45) is 0. The smallest absolute Gasteiger partial charge is 0.115 e. The van der Waals surface area contributed by atoms with E-state index in [0.29, 0.717) is 6.61 Å². The predicted octanol–water partition coefficient (Wildman–Crippen LogP) is 2.23. The molecule has 2 N–H and O–H groups in total. The number of hydrogen-bond donors (Lipinski definition) is 2. The van der Waals surface area contributed by atoms with Crippen molar-refractivity contribution >= 4 is 5.69 Å². The highest BCUT2D eigenvalue weighted by Gasteiger charge is 2.00. The van der Waals surface area contributed by atoms with Gasteiger partial charge in [-0.1, -0.05) is 0 Å². The fourth-order valence-electron chi connectivity index (χ4n) is 1.18. The van der Waals surface area contributed by atoms with E-state index >= 15 is 0 Å². The molecule has 3 heteroatoms. The van der Waals surface area contributed by atoms with E-state index in [2.05, 4.69) is 12.2 Å². The minimum Gasteiger partial charge on any atom is -0.508 e. The van der Waals surface area contributed by atoms with Gasteiger partial charge >= 0.3 is 0 Å². The van der Waals surface area contributed by atoms with Gasteiger partial charge in [-0.25, -0.2) is 0 Å². The van der Waals surface area contributed by atoms with Gasteiger partial charge in [-0.05, 0) is 38.1 Å². The molecule has 0 radical (unpaired) electrons. The lowest BCUT2D eigenvalue weighted by Gasteiger charge is -2.14. The second-order valence-corrected chi connectivity index (χ2v) is 3.25. The van der Waals surface area contributed by atoms with Crippen molar-refractivity contribution in [1.82, 2.24) is 0 Å². The normalized spacial score (nSPS) is 12.4. The minimum absolute atomic E-state index is 0.277. The van der Waals surface area contributed by atoms with Crippen LogP contribution < -0.4 is 5.32 Å². The number of phenolic OH excluding ortho intramolecular Hbond substituents is 1. The van der Waals surface area contributed by atoms with Crippen molar-refractivity contribution in [2.24, 2.45) is 0 Å². The Labute approximate surface area is 84.7 Å². The van der Waals surface area contributed by atoms with E-state index in [-0.39, 0.29) is 11.8 Å². The molecule has 0 fully saturated rings. The maximum absolute atomic E-state index is 9.08. The van der Waals surface area contributed by atoms with Gasteiger partial charge < -0.3 is 15.2 Å². The molecule has 0 aliphatic rings. The molecule has 1 aromatic rings. The molecule has 1 atom stereocenters. The fourth-order valence-corrected chi connectivity index (χ4v) is 1.18. The lowest BCUT2D eigenvalue weighted by molar-refractivity contribution is 0.141. The molecule has 3 nitrogen and oxygen atoms in total. The second kappa shape index (κ2) is 5.50. The first-order chi connectivity index (χ1) is 6.72. The van der Waals surface area contributed by atoms with Crippen LogP contribution in [0.3, 0.4) is 0 Å². The Hall–Kier alpha value is -1.22. The Bertz CT molecular complexity index is 258. The number of rotatable bonds is 5. The summed E-state index contributed by atoms with van der Waals surface area (Å²) in [6.45, 7) is 5.47. The number of phenols is 1. The molecule has 78 valence electrons. The van der Waals surface area contributed by atoms with E-state index in [9.17, 15) is 0 Å². The Kier molecular flexibility index (Phi) is 4.26. The van der Waals surface area contributed by atoms with Gasteiger partial charge in [0.1, 0.15) is 5.75 Å². The molecule has 0 saturated heterocycles. The molecule has 0 heterocycles. The van der Waals surface area contributed by atoms with Crippen LogP contribution in [0.2, 0.25) is 0 Å². The lowest BCUT2D eigenvalue weighted by atomic mass is 10.2. The highest BCUT2D eigenvalue weighted by atomic mass is 16.5. The standard InChI is InChI=1S/C11H17NO2/c1-3-14-8-9(2)12-10-4-6-11(13)7-5-10/h4-7,9,12-13H,3,8H2,1-2H3. The maximum Gasteiger partial charge on any atom is 0.115 e. The number of anilines is 1. The van der Waals surface area contributed by atoms with E-state index in [1.807, 2.05) is 19.1 Å². The van der Waals surface area contributed by atoms with Crippen molar-refractivity contribution in [2.75, 3.05) is 18.5 Å². The summed E-state index contributed by atoms with van der Waals surface area (Å²) >= 11 is 0. The van der Waals surface area contributed by atoms with Crippen LogP contribution in [0, 0.1) is 0 Å². The summed E-state index contributed by atoms with van der Waals surface area (Å²) in [5, 5.41) is 12.3. The summed E-state index contributed by atoms with van der Waals surface area (Å²) in [6, 6.07) is 7.29. The zero-order chi connectivity index (χ0) is 10.4. The molecule has 0 aliphatic heterocycles. The van der Waals surface area contributed by atoms with Gasteiger partial charge in [-0.3, -0.25) is 0 Å². The summed E-state index contributed by atoms with van der Waals surface area (Å²) < 4.78 is 5.28. The Balaban J connectivity index is 2.39. The van der Waals surface area contributed by atoms with Gasteiger partial charge in [0, 0.05) is 18.3 Å². The van der Waals surface area contributed by atoms with E-state index in [1.165, 1.54) is 0 Å². The quantitative estimate of drug-likeness (QED) is 0.708. The molecule has 0 bridgehead atoms. The van der Waals surface area contributed by atoms with E-state index < -0.39 is 0 Å². The average Bonchev–Trinajstić information content (AvgIpc) is 2.18. The van der Waals surface area contributed by atoms with Gasteiger partial charge in [0.15, 0.2) is 0 Å². The fraction of sp³-hybridized carbons (Fsp3) is 0.455. The first-order valence-corrected chi connectivity index (χ1v) is 4.85. The molecule has 14 heavy (non-hydrogen) atoms. The summed E-state index contributed by atoms with van der Waals surface area (Å²) in [5.41, 5.74) is 0.995. The van der Waals surface area contributed by atoms with Gasteiger partial charge in [0.2, 0.25) is 0 Å². The van der Waals surface area contributed by atoms with Crippen molar-refractivity contribution in [3.8, 4) is 5.75 Å². The summed E-state index contributed by atoms with van der Waals surface area (Å²) in [5.74, 6) is 0.285. The third-order valence-electron chi connectivity index (χ3n) is 1.85. The molecule has 0 aromatic heterocycles. The van der Waals surface area contributed by atoms with Crippen molar-refractivity contribution in [3.63, 3.8) is 0 Å². The number of aromatic hydroxyl groups is 1. The molecule has 0 saturated carbocycles. The van der Waals surface area contributed by atoms with Crippen molar-refractivity contribution in [2.45, 2.75) is 19.9 Å². The largest absolute Gasteiger partial charge is 0.508 e. The highest BCUT2D eigenvalue weighted by Crippen LogP contribution is 2.14. The summed E-state index contributed by atoms with van der Waals surface area (Å²) in [7, 11) is 0. The van der Waals surface area contributed by atoms with Crippen LogP contribution in [0.4, 0.5) is 5.69 Å². The predicted molar refractivity (Wildman–Crippen MR) is 57.7 cm³/mol. The third kappa shape index (κ3) is 3.66. The van der Waals surface area contributed by atoms with E-state index in [4.69, 9.17) is 9.84 Å². The SMILES string of the molecule is CCOCC(C)Nc1ccc(O)cc1. The van der Waals surface area contributed by atoms with Crippen LogP contribution in [0.5, 0.6) is 5.75 Å². The molecule has 1 rings (SSSR count). The van der Waals surface area contributed by atoms with Crippen LogP contribution in [0.1, 0.15) is 13.8 Å². The van der Waals surface area contributed by atoms with Crippen molar-refractivity contribution in [3.05, 3.63) is 24.3 Å². The molecular weight excluding hydrogens is 178 g/mol. The van der Waals surface area contributed by atoms with Crippen LogP contribution in [0.15, 0.2) is 24.3 Å². The molecule has 1 unspecified atom stereocenters.